The number of nitrogens with zero attached hydrogens (tertiary/aromatic N) is 2. The molecule has 2 aromatic carbocycles. The second-order valence-corrected chi connectivity index (χ2v) is 9.99. The van der Waals surface area contributed by atoms with Crippen molar-refractivity contribution in [3.63, 3.8) is 0 Å². The Morgan fingerprint density at radius 2 is 1.97 bits per heavy atom. The number of nitrogens with one attached hydrogen (secondary N) is 2. The quantitative estimate of drug-likeness (QED) is 0.621. The van der Waals surface area contributed by atoms with Crippen molar-refractivity contribution in [1.29, 1.82) is 0 Å². The predicted molar refractivity (Wildman–Crippen MR) is 132 cm³/mol. The molecule has 1 spiro atoms. The third-order valence-electron chi connectivity index (χ3n) is 7.42. The van der Waals surface area contributed by atoms with Gasteiger partial charge in [-0.15, -0.1) is 0 Å². The smallest absolute Gasteiger partial charge is 0.418 e. The minimum Gasteiger partial charge on any atom is -0.427 e. The zero-order valence-corrected chi connectivity index (χ0v) is 21.1. The van der Waals surface area contributed by atoms with E-state index >= 15 is 0 Å². The normalized spacial score (nSPS) is 24.4. The van der Waals surface area contributed by atoms with Crippen LogP contribution in [0.3, 0.4) is 0 Å². The van der Waals surface area contributed by atoms with E-state index < -0.39 is 35.9 Å². The number of ether oxygens (including phenoxy) is 1. The molecule has 37 heavy (non-hydrogen) atoms. The van der Waals surface area contributed by atoms with Gasteiger partial charge in [0.25, 0.3) is 5.91 Å². The van der Waals surface area contributed by atoms with Crippen LogP contribution in [0.1, 0.15) is 48.9 Å². The molecule has 2 heterocycles. The summed E-state index contributed by atoms with van der Waals surface area (Å²) in [6, 6.07) is 8.56. The summed E-state index contributed by atoms with van der Waals surface area (Å²) in [4.78, 5) is 54.0. The van der Waals surface area contributed by atoms with Gasteiger partial charge >= 0.3 is 12.1 Å². The predicted octanol–water partition coefficient (Wildman–Crippen LogP) is 4.10. The summed E-state index contributed by atoms with van der Waals surface area (Å²) in [5.41, 5.74) is 1.09. The minimum absolute atomic E-state index is 0.0294. The zero-order valence-electron chi connectivity index (χ0n) is 20.3. The number of fused-ring (bicyclic) bond motifs is 2. The van der Waals surface area contributed by atoms with E-state index in [0.29, 0.717) is 36.1 Å². The van der Waals surface area contributed by atoms with Gasteiger partial charge in [-0.25, -0.2) is 18.9 Å². The van der Waals surface area contributed by atoms with Crippen molar-refractivity contribution in [3.8, 4) is 0 Å². The Kier molecular flexibility index (Phi) is 6.31. The maximum atomic E-state index is 13.7. The molecule has 3 atom stereocenters. The first-order valence-electron chi connectivity index (χ1n) is 12.1. The molecular formula is C26H26ClFN4O5. The molecule has 3 aliphatic rings. The van der Waals surface area contributed by atoms with Crippen molar-refractivity contribution in [2.45, 2.75) is 50.3 Å². The van der Waals surface area contributed by atoms with Gasteiger partial charge in [-0.1, -0.05) is 23.7 Å². The number of likely N-dealkylation sites (tertiary alicyclic amines) is 1. The highest BCUT2D eigenvalue weighted by molar-refractivity contribution is 6.30. The van der Waals surface area contributed by atoms with Crippen molar-refractivity contribution < 1.29 is 28.3 Å². The molecule has 0 saturated carbocycles. The fourth-order valence-electron chi connectivity index (χ4n) is 5.59. The first-order valence-corrected chi connectivity index (χ1v) is 12.5. The number of rotatable bonds is 4. The molecule has 194 valence electrons. The Bertz CT molecular complexity index is 1320. The molecule has 5 rings (SSSR count). The Hall–Kier alpha value is -3.66. The molecule has 2 aromatic rings. The van der Waals surface area contributed by atoms with Crippen LogP contribution >= 0.6 is 11.6 Å². The van der Waals surface area contributed by atoms with Crippen molar-refractivity contribution in [1.82, 2.24) is 15.1 Å². The summed E-state index contributed by atoms with van der Waals surface area (Å²) in [6.45, 7) is 1.44. The monoisotopic (exact) mass is 528 g/mol. The molecule has 2 fully saturated rings. The molecule has 2 N–H and O–H groups in total. The molecule has 0 radical (unpaired) electrons. The lowest BCUT2D eigenvalue weighted by atomic mass is 9.94. The third kappa shape index (κ3) is 4.19. The van der Waals surface area contributed by atoms with Crippen LogP contribution in [0.4, 0.5) is 19.7 Å². The number of aryl methyl sites for hydroxylation is 1. The summed E-state index contributed by atoms with van der Waals surface area (Å²) in [7, 11) is 1.50. The SMILES string of the molecule is CNC(=O)Nc1ccc2c(c1)CC[C@@]21OC(=O)N(CC(=O)N2C(C)CCC2c2ccc(F)c(Cl)c2)C1=O. The van der Waals surface area contributed by atoms with Gasteiger partial charge in [0.2, 0.25) is 11.5 Å². The number of carbonyl (C=O) groups is 4. The number of halogens is 2. The van der Waals surface area contributed by atoms with E-state index in [1.54, 1.807) is 29.2 Å². The number of anilines is 1. The fourth-order valence-corrected chi connectivity index (χ4v) is 5.78. The Morgan fingerprint density at radius 1 is 1.19 bits per heavy atom. The Labute approximate surface area is 217 Å². The molecule has 11 heteroatoms. The molecule has 2 unspecified atom stereocenters. The van der Waals surface area contributed by atoms with Crippen LogP contribution in [-0.2, 0) is 26.3 Å². The lowest BCUT2D eigenvalue weighted by Crippen LogP contribution is -2.46. The maximum Gasteiger partial charge on any atom is 0.418 e. The van der Waals surface area contributed by atoms with E-state index in [1.165, 1.54) is 19.2 Å². The number of carbonyl (C=O) groups excluding carboxylic acids is 4. The highest BCUT2D eigenvalue weighted by Gasteiger charge is 2.58. The van der Waals surface area contributed by atoms with Gasteiger partial charge < -0.3 is 20.3 Å². The number of amides is 5. The molecule has 2 aliphatic heterocycles. The summed E-state index contributed by atoms with van der Waals surface area (Å²) < 4.78 is 19.3. The van der Waals surface area contributed by atoms with Gasteiger partial charge in [0.05, 0.1) is 11.1 Å². The first-order chi connectivity index (χ1) is 17.6. The number of urea groups is 1. The van der Waals surface area contributed by atoms with Crippen molar-refractivity contribution in [3.05, 3.63) is 63.9 Å². The lowest BCUT2D eigenvalue weighted by Gasteiger charge is -2.30. The summed E-state index contributed by atoms with van der Waals surface area (Å²) in [5.74, 6) is -1.52. The second kappa shape index (κ2) is 9.33. The van der Waals surface area contributed by atoms with E-state index in [2.05, 4.69) is 10.6 Å². The molecule has 9 nitrogen and oxygen atoms in total. The minimum atomic E-state index is -1.49. The van der Waals surface area contributed by atoms with E-state index in [0.717, 1.165) is 10.5 Å². The molecule has 0 bridgehead atoms. The zero-order chi connectivity index (χ0) is 26.5. The molecule has 0 aromatic heterocycles. The van der Waals surface area contributed by atoms with Crippen molar-refractivity contribution >= 4 is 41.2 Å². The van der Waals surface area contributed by atoms with Crippen LogP contribution < -0.4 is 10.6 Å². The summed E-state index contributed by atoms with van der Waals surface area (Å²) >= 11 is 5.97. The van der Waals surface area contributed by atoms with Crippen LogP contribution in [0, 0.1) is 5.82 Å². The molecule has 5 amide bonds. The van der Waals surface area contributed by atoms with Crippen LogP contribution in [-0.4, -0.2) is 53.4 Å². The van der Waals surface area contributed by atoms with E-state index in [-0.39, 0.29) is 29.6 Å². The Balaban J connectivity index is 1.36. The number of hydrogen-bond donors (Lipinski definition) is 2. The standard InChI is InChI=1S/C26H26ClFN4O5/c1-14-3-8-21(16-4-7-20(28)19(27)12-16)32(14)22(33)13-31-23(34)26(37-25(31)36)10-9-15-11-17(5-6-18(15)26)30-24(35)29-2/h4-7,11-12,14,21H,3,8-10,13H2,1-2H3,(H2,29,30,35)/t14?,21?,26-/m1/s1. The molecule has 1 aliphatic carbocycles. The van der Waals surface area contributed by atoms with Gasteiger partial charge in [-0.05, 0) is 61.6 Å². The lowest BCUT2D eigenvalue weighted by molar-refractivity contribution is -0.143. The molecule has 2 saturated heterocycles. The van der Waals surface area contributed by atoms with Gasteiger partial charge in [-0.2, -0.15) is 0 Å². The highest BCUT2D eigenvalue weighted by Crippen LogP contribution is 2.46. The topological polar surface area (TPSA) is 108 Å². The van der Waals surface area contributed by atoms with Gasteiger partial charge in [0.1, 0.15) is 12.4 Å². The average Bonchev–Trinajstić information content (AvgIpc) is 3.51. The van der Waals surface area contributed by atoms with Crippen LogP contribution in [0.15, 0.2) is 36.4 Å². The second-order valence-electron chi connectivity index (χ2n) is 9.58. The van der Waals surface area contributed by atoms with E-state index in [9.17, 15) is 23.6 Å². The number of benzene rings is 2. The van der Waals surface area contributed by atoms with Crippen LogP contribution in [0.2, 0.25) is 5.02 Å². The number of imide groups is 1. The van der Waals surface area contributed by atoms with Crippen molar-refractivity contribution in [2.75, 3.05) is 18.9 Å². The average molecular weight is 529 g/mol. The van der Waals surface area contributed by atoms with Gasteiger partial charge in [-0.3, -0.25) is 9.59 Å². The highest BCUT2D eigenvalue weighted by atomic mass is 35.5. The van der Waals surface area contributed by atoms with Crippen molar-refractivity contribution in [2.24, 2.45) is 0 Å². The third-order valence-corrected chi connectivity index (χ3v) is 7.71. The summed E-state index contributed by atoms with van der Waals surface area (Å²) in [6.07, 6.45) is 1.21. The Morgan fingerprint density at radius 3 is 2.70 bits per heavy atom. The number of hydrogen-bond acceptors (Lipinski definition) is 5. The van der Waals surface area contributed by atoms with E-state index in [1.807, 2.05) is 6.92 Å². The maximum absolute atomic E-state index is 13.7. The van der Waals surface area contributed by atoms with Crippen LogP contribution in [0.5, 0.6) is 0 Å². The van der Waals surface area contributed by atoms with Gasteiger partial charge in [0.15, 0.2) is 0 Å². The fraction of sp³-hybridized carbons (Fsp3) is 0.385. The largest absolute Gasteiger partial charge is 0.427 e. The summed E-state index contributed by atoms with van der Waals surface area (Å²) in [5, 5.41) is 5.12. The van der Waals surface area contributed by atoms with E-state index in [4.69, 9.17) is 16.3 Å². The molecular weight excluding hydrogens is 503 g/mol. The first kappa shape index (κ1) is 25.0. The van der Waals surface area contributed by atoms with Gasteiger partial charge in [0, 0.05) is 30.8 Å². The van der Waals surface area contributed by atoms with Crippen LogP contribution in [0.25, 0.3) is 0 Å².